The van der Waals surface area contributed by atoms with Crippen molar-refractivity contribution in [2.45, 2.75) is 32.2 Å². The number of rotatable bonds is 3. The van der Waals surface area contributed by atoms with Crippen LogP contribution in [-0.2, 0) is 0 Å². The third kappa shape index (κ3) is 2.64. The Bertz CT molecular complexity index is 544. The molecule has 3 unspecified atom stereocenters. The summed E-state index contributed by atoms with van der Waals surface area (Å²) in [5, 5.41) is 0. The van der Waals surface area contributed by atoms with E-state index >= 15 is 0 Å². The highest BCUT2D eigenvalue weighted by molar-refractivity contribution is 5.63. The first-order valence-corrected chi connectivity index (χ1v) is 7.66. The van der Waals surface area contributed by atoms with E-state index < -0.39 is 0 Å². The first-order valence-electron chi connectivity index (χ1n) is 7.66. The maximum Gasteiger partial charge on any atom is 0.0326 e. The Morgan fingerprint density at radius 1 is 0.900 bits per heavy atom. The number of hydrogen-bond donors (Lipinski definition) is 1. The number of hydrogen-bond acceptors (Lipinski definition) is 1. The molecular weight excluding hydrogens is 242 g/mol. The lowest BCUT2D eigenvalue weighted by Crippen LogP contribution is -2.23. The van der Waals surface area contributed by atoms with E-state index in [1.54, 1.807) is 0 Å². The summed E-state index contributed by atoms with van der Waals surface area (Å²) in [5.41, 5.74) is 10.3. The molecule has 2 N–H and O–H groups in total. The number of benzene rings is 2. The summed E-state index contributed by atoms with van der Waals surface area (Å²) in [5.74, 6) is 1.41. The molecule has 1 nitrogen and oxygen atoms in total. The zero-order valence-corrected chi connectivity index (χ0v) is 12.1. The molecule has 0 amide bonds. The van der Waals surface area contributed by atoms with Crippen LogP contribution in [0, 0.1) is 11.8 Å². The average molecular weight is 265 g/mol. The van der Waals surface area contributed by atoms with Gasteiger partial charge in [-0.05, 0) is 34.9 Å². The molecule has 1 aliphatic rings. The second-order valence-electron chi connectivity index (χ2n) is 6.09. The molecule has 1 fully saturated rings. The predicted octanol–water partition coefficient (Wildman–Crippen LogP) is 4.79. The van der Waals surface area contributed by atoms with E-state index in [2.05, 4.69) is 61.5 Å². The van der Waals surface area contributed by atoms with Gasteiger partial charge in [-0.25, -0.2) is 0 Å². The van der Waals surface area contributed by atoms with Crippen molar-refractivity contribution in [1.29, 1.82) is 0 Å². The fraction of sp³-hybridized carbons (Fsp3) is 0.368. The van der Waals surface area contributed by atoms with Gasteiger partial charge in [0.2, 0.25) is 0 Å². The van der Waals surface area contributed by atoms with Gasteiger partial charge in [-0.2, -0.15) is 0 Å². The molecule has 0 bridgehead atoms. The fourth-order valence-electron chi connectivity index (χ4n) is 3.48. The van der Waals surface area contributed by atoms with Gasteiger partial charge < -0.3 is 5.73 Å². The highest BCUT2D eigenvalue weighted by Crippen LogP contribution is 2.39. The van der Waals surface area contributed by atoms with Crippen LogP contribution in [0.1, 0.15) is 37.8 Å². The number of nitrogens with two attached hydrogens (primary N) is 1. The van der Waals surface area contributed by atoms with Gasteiger partial charge in [0.25, 0.3) is 0 Å². The lowest BCUT2D eigenvalue weighted by Gasteiger charge is -2.23. The first-order chi connectivity index (χ1) is 9.75. The summed E-state index contributed by atoms with van der Waals surface area (Å²) in [6, 6.07) is 19.5. The van der Waals surface area contributed by atoms with E-state index in [1.165, 1.54) is 36.0 Å². The van der Waals surface area contributed by atoms with Gasteiger partial charge in [-0.3, -0.25) is 0 Å². The molecule has 3 atom stereocenters. The Morgan fingerprint density at radius 2 is 1.55 bits per heavy atom. The topological polar surface area (TPSA) is 26.0 Å². The third-order valence-electron chi connectivity index (χ3n) is 4.79. The van der Waals surface area contributed by atoms with Crippen molar-refractivity contribution >= 4 is 0 Å². The predicted molar refractivity (Wildman–Crippen MR) is 85.3 cm³/mol. The molecule has 104 valence electrons. The van der Waals surface area contributed by atoms with Crippen LogP contribution in [0.3, 0.4) is 0 Å². The summed E-state index contributed by atoms with van der Waals surface area (Å²) < 4.78 is 0. The largest absolute Gasteiger partial charge is 0.324 e. The third-order valence-corrected chi connectivity index (χ3v) is 4.79. The van der Waals surface area contributed by atoms with Crippen molar-refractivity contribution in [3.63, 3.8) is 0 Å². The van der Waals surface area contributed by atoms with Crippen LogP contribution in [0.25, 0.3) is 11.1 Å². The van der Waals surface area contributed by atoms with E-state index in [1.807, 2.05) is 0 Å². The zero-order chi connectivity index (χ0) is 13.9. The van der Waals surface area contributed by atoms with Gasteiger partial charge in [0.1, 0.15) is 0 Å². The minimum atomic E-state index is 0.192. The van der Waals surface area contributed by atoms with Crippen LogP contribution in [0.5, 0.6) is 0 Å². The molecule has 2 aromatic carbocycles. The average Bonchev–Trinajstić information content (AvgIpc) is 2.94. The van der Waals surface area contributed by atoms with Gasteiger partial charge >= 0.3 is 0 Å². The summed E-state index contributed by atoms with van der Waals surface area (Å²) >= 11 is 0. The van der Waals surface area contributed by atoms with Crippen molar-refractivity contribution < 1.29 is 0 Å². The molecule has 2 aromatic rings. The second kappa shape index (κ2) is 5.80. The molecule has 0 heterocycles. The Kier molecular flexibility index (Phi) is 3.88. The van der Waals surface area contributed by atoms with E-state index in [9.17, 15) is 0 Å². The monoisotopic (exact) mass is 265 g/mol. The molecule has 3 rings (SSSR count). The first kappa shape index (κ1) is 13.4. The molecule has 0 radical (unpaired) electrons. The van der Waals surface area contributed by atoms with Crippen LogP contribution in [0.2, 0.25) is 0 Å². The summed E-state index contributed by atoms with van der Waals surface area (Å²) in [7, 11) is 0. The van der Waals surface area contributed by atoms with Crippen molar-refractivity contribution in [3.05, 3.63) is 60.2 Å². The molecule has 0 spiro atoms. The Labute approximate surface area is 121 Å². The molecule has 0 aliphatic heterocycles. The van der Waals surface area contributed by atoms with Crippen LogP contribution >= 0.6 is 0 Å². The Morgan fingerprint density at radius 3 is 2.15 bits per heavy atom. The van der Waals surface area contributed by atoms with Crippen LogP contribution in [-0.4, -0.2) is 0 Å². The van der Waals surface area contributed by atoms with E-state index in [4.69, 9.17) is 5.73 Å². The fourth-order valence-corrected chi connectivity index (χ4v) is 3.48. The van der Waals surface area contributed by atoms with E-state index in [0.29, 0.717) is 5.92 Å². The minimum absolute atomic E-state index is 0.192. The van der Waals surface area contributed by atoms with Gasteiger partial charge in [0, 0.05) is 6.04 Å². The maximum absolute atomic E-state index is 6.48. The van der Waals surface area contributed by atoms with Gasteiger partial charge in [0.15, 0.2) is 0 Å². The molecule has 20 heavy (non-hydrogen) atoms. The second-order valence-corrected chi connectivity index (χ2v) is 6.09. The zero-order valence-electron chi connectivity index (χ0n) is 12.1. The van der Waals surface area contributed by atoms with Crippen molar-refractivity contribution in [3.8, 4) is 11.1 Å². The molecule has 1 heteroatoms. The van der Waals surface area contributed by atoms with E-state index in [0.717, 1.165) is 5.92 Å². The van der Waals surface area contributed by atoms with Crippen molar-refractivity contribution in [2.75, 3.05) is 0 Å². The lowest BCUT2D eigenvalue weighted by molar-refractivity contribution is 0.351. The smallest absolute Gasteiger partial charge is 0.0326 e. The van der Waals surface area contributed by atoms with Crippen LogP contribution < -0.4 is 5.73 Å². The minimum Gasteiger partial charge on any atom is -0.324 e. The summed E-state index contributed by atoms with van der Waals surface area (Å²) in [6.07, 6.45) is 3.95. The van der Waals surface area contributed by atoms with Crippen LogP contribution in [0.15, 0.2) is 54.6 Å². The molecule has 0 aromatic heterocycles. The van der Waals surface area contributed by atoms with Gasteiger partial charge in [0.05, 0.1) is 0 Å². The SMILES string of the molecule is CC1CCCC1C(N)c1ccc(-c2ccccc2)cc1. The Hall–Kier alpha value is -1.60. The molecule has 0 saturated heterocycles. The molecule has 1 aliphatic carbocycles. The normalized spacial score (nSPS) is 23.7. The maximum atomic E-state index is 6.48. The van der Waals surface area contributed by atoms with Gasteiger partial charge in [-0.15, -0.1) is 0 Å². The van der Waals surface area contributed by atoms with Crippen LogP contribution in [0.4, 0.5) is 0 Å². The van der Waals surface area contributed by atoms with Gasteiger partial charge in [-0.1, -0.05) is 74.4 Å². The lowest BCUT2D eigenvalue weighted by atomic mass is 9.86. The van der Waals surface area contributed by atoms with Crippen molar-refractivity contribution in [1.82, 2.24) is 0 Å². The standard InChI is InChI=1S/C19H23N/c1-14-6-5-9-18(14)19(20)17-12-10-16(11-13-17)15-7-3-2-4-8-15/h2-4,7-8,10-14,18-19H,5-6,9,20H2,1H3. The molecule has 1 saturated carbocycles. The van der Waals surface area contributed by atoms with Crippen molar-refractivity contribution in [2.24, 2.45) is 17.6 Å². The van der Waals surface area contributed by atoms with E-state index in [-0.39, 0.29) is 6.04 Å². The quantitative estimate of drug-likeness (QED) is 0.848. The Balaban J connectivity index is 1.79. The summed E-state index contributed by atoms with van der Waals surface area (Å²) in [4.78, 5) is 0. The molecular formula is C19H23N. The highest BCUT2D eigenvalue weighted by Gasteiger charge is 2.29. The highest BCUT2D eigenvalue weighted by atomic mass is 14.7. The summed E-state index contributed by atoms with van der Waals surface area (Å²) in [6.45, 7) is 2.34.